The molecule has 0 heterocycles. The Labute approximate surface area is 124 Å². The Morgan fingerprint density at radius 1 is 1.24 bits per heavy atom. The first-order valence-corrected chi connectivity index (χ1v) is 6.91. The summed E-state index contributed by atoms with van der Waals surface area (Å²) in [4.78, 5) is 0. The van der Waals surface area contributed by atoms with Crippen molar-refractivity contribution in [2.75, 3.05) is 6.61 Å². The molecule has 2 rings (SSSR count). The van der Waals surface area contributed by atoms with Gasteiger partial charge in [0.2, 0.25) is 0 Å². The molecule has 1 aromatic carbocycles. The second kappa shape index (κ2) is 5.41. The smallest absolute Gasteiger partial charge is 0.396 e. The minimum atomic E-state index is -4.85. The Morgan fingerprint density at radius 2 is 1.90 bits per heavy atom. The van der Waals surface area contributed by atoms with E-state index < -0.39 is 29.4 Å². The minimum absolute atomic E-state index is 0.0169. The van der Waals surface area contributed by atoms with Crippen LogP contribution in [0.15, 0.2) is 18.2 Å². The van der Waals surface area contributed by atoms with Gasteiger partial charge in [0.25, 0.3) is 0 Å². The van der Waals surface area contributed by atoms with E-state index >= 15 is 0 Å². The Kier molecular flexibility index (Phi) is 4.26. The van der Waals surface area contributed by atoms with Gasteiger partial charge in [-0.1, -0.05) is 11.6 Å². The molecule has 1 aliphatic rings. The molecule has 2 atom stereocenters. The van der Waals surface area contributed by atoms with Crippen LogP contribution in [0, 0.1) is 5.82 Å². The fourth-order valence-electron chi connectivity index (χ4n) is 3.15. The summed E-state index contributed by atoms with van der Waals surface area (Å²) < 4.78 is 53.3. The first-order valence-electron chi connectivity index (χ1n) is 6.53. The quantitative estimate of drug-likeness (QED) is 0.830. The molecule has 0 aliphatic heterocycles. The highest BCUT2D eigenvalue weighted by Gasteiger charge is 2.72. The van der Waals surface area contributed by atoms with Gasteiger partial charge in [-0.25, -0.2) is 4.39 Å². The van der Waals surface area contributed by atoms with Crippen LogP contribution in [0.1, 0.15) is 31.2 Å². The highest BCUT2D eigenvalue weighted by Crippen LogP contribution is 2.62. The van der Waals surface area contributed by atoms with Gasteiger partial charge in [0.1, 0.15) is 5.82 Å². The SMILES string of the molecule is OCCCC1(c2cc(F)ccc2Cl)CCC1(O)C(F)(F)F. The number of hydrogen-bond acceptors (Lipinski definition) is 2. The summed E-state index contributed by atoms with van der Waals surface area (Å²) in [5, 5.41) is 19.1. The molecule has 2 unspecified atom stereocenters. The summed E-state index contributed by atoms with van der Waals surface area (Å²) in [6.07, 6.45) is -5.34. The van der Waals surface area contributed by atoms with Crippen molar-refractivity contribution in [1.29, 1.82) is 0 Å². The van der Waals surface area contributed by atoms with E-state index in [-0.39, 0.29) is 36.5 Å². The predicted octanol–water partition coefficient (Wildman–Crippen LogP) is 3.58. The van der Waals surface area contributed by atoms with Crippen LogP contribution >= 0.6 is 11.6 Å². The van der Waals surface area contributed by atoms with Crippen molar-refractivity contribution in [3.8, 4) is 0 Å². The van der Waals surface area contributed by atoms with Gasteiger partial charge >= 0.3 is 6.18 Å². The number of aliphatic hydroxyl groups excluding tert-OH is 1. The molecule has 1 aliphatic carbocycles. The Balaban J connectivity index is 2.56. The van der Waals surface area contributed by atoms with Gasteiger partial charge in [0.05, 0.1) is 0 Å². The largest absolute Gasteiger partial charge is 0.418 e. The van der Waals surface area contributed by atoms with Gasteiger partial charge in [-0.2, -0.15) is 13.2 Å². The molecule has 2 nitrogen and oxygen atoms in total. The molecule has 0 saturated heterocycles. The number of benzene rings is 1. The van der Waals surface area contributed by atoms with Crippen LogP contribution in [-0.2, 0) is 5.41 Å². The van der Waals surface area contributed by atoms with Crippen LogP contribution in [0.3, 0.4) is 0 Å². The van der Waals surface area contributed by atoms with E-state index in [4.69, 9.17) is 16.7 Å². The average molecular weight is 327 g/mol. The van der Waals surface area contributed by atoms with Gasteiger partial charge in [-0.3, -0.25) is 0 Å². The lowest BCUT2D eigenvalue weighted by Crippen LogP contribution is -2.68. The van der Waals surface area contributed by atoms with Gasteiger partial charge in [-0.05, 0) is 49.4 Å². The van der Waals surface area contributed by atoms with Crippen molar-refractivity contribution < 1.29 is 27.8 Å². The fourth-order valence-corrected chi connectivity index (χ4v) is 3.44. The van der Waals surface area contributed by atoms with E-state index in [1.54, 1.807) is 0 Å². The molecule has 2 N–H and O–H groups in total. The first-order chi connectivity index (χ1) is 9.68. The number of aliphatic hydroxyl groups is 2. The van der Waals surface area contributed by atoms with Crippen molar-refractivity contribution in [1.82, 2.24) is 0 Å². The highest BCUT2D eigenvalue weighted by molar-refractivity contribution is 6.31. The van der Waals surface area contributed by atoms with Gasteiger partial charge in [-0.15, -0.1) is 0 Å². The molecule has 0 spiro atoms. The van der Waals surface area contributed by atoms with Crippen LogP contribution < -0.4 is 0 Å². The molecule has 0 amide bonds. The lowest BCUT2D eigenvalue weighted by atomic mass is 9.51. The minimum Gasteiger partial charge on any atom is -0.396 e. The Morgan fingerprint density at radius 3 is 2.38 bits per heavy atom. The summed E-state index contributed by atoms with van der Waals surface area (Å²) in [6, 6.07) is 3.18. The Bertz CT molecular complexity index is 534. The van der Waals surface area contributed by atoms with Crippen LogP contribution in [0.5, 0.6) is 0 Å². The van der Waals surface area contributed by atoms with Crippen molar-refractivity contribution in [3.05, 3.63) is 34.6 Å². The van der Waals surface area contributed by atoms with Crippen LogP contribution in [0.2, 0.25) is 5.02 Å². The zero-order valence-corrected chi connectivity index (χ0v) is 11.8. The monoisotopic (exact) mass is 326 g/mol. The van der Waals surface area contributed by atoms with E-state index in [9.17, 15) is 22.7 Å². The third-order valence-electron chi connectivity index (χ3n) is 4.38. The molecule has 0 bridgehead atoms. The van der Waals surface area contributed by atoms with E-state index in [2.05, 4.69) is 0 Å². The zero-order chi connectivity index (χ0) is 15.9. The van der Waals surface area contributed by atoms with E-state index in [0.717, 1.165) is 12.1 Å². The molecular formula is C14H15ClF4O2. The molecule has 0 aromatic heterocycles. The lowest BCUT2D eigenvalue weighted by Gasteiger charge is -2.57. The summed E-state index contributed by atoms with van der Waals surface area (Å²) in [7, 11) is 0. The first kappa shape index (κ1) is 16.5. The maximum Gasteiger partial charge on any atom is 0.418 e. The molecular weight excluding hydrogens is 312 g/mol. The Hall–Kier alpha value is -0.850. The molecule has 7 heteroatoms. The number of hydrogen-bond donors (Lipinski definition) is 2. The van der Waals surface area contributed by atoms with Crippen LogP contribution in [-0.4, -0.2) is 28.6 Å². The number of halogens is 5. The van der Waals surface area contributed by atoms with Crippen molar-refractivity contribution in [2.24, 2.45) is 0 Å². The number of alkyl halides is 3. The van der Waals surface area contributed by atoms with E-state index in [1.165, 1.54) is 6.07 Å². The fraction of sp³-hybridized carbons (Fsp3) is 0.571. The third kappa shape index (κ3) is 2.43. The maximum atomic E-state index is 13.4. The number of rotatable bonds is 4. The highest BCUT2D eigenvalue weighted by atomic mass is 35.5. The molecule has 21 heavy (non-hydrogen) atoms. The molecule has 118 valence electrons. The molecule has 1 aromatic rings. The topological polar surface area (TPSA) is 40.5 Å². The average Bonchev–Trinajstić information content (AvgIpc) is 2.39. The van der Waals surface area contributed by atoms with Crippen LogP contribution in [0.25, 0.3) is 0 Å². The van der Waals surface area contributed by atoms with Crippen molar-refractivity contribution in [2.45, 2.75) is 42.9 Å². The van der Waals surface area contributed by atoms with Crippen LogP contribution in [0.4, 0.5) is 17.6 Å². The van der Waals surface area contributed by atoms with Gasteiger partial charge < -0.3 is 10.2 Å². The zero-order valence-electron chi connectivity index (χ0n) is 11.1. The second-order valence-electron chi connectivity index (χ2n) is 5.39. The normalized spacial score (nSPS) is 29.3. The van der Waals surface area contributed by atoms with Gasteiger partial charge in [0, 0.05) is 17.0 Å². The van der Waals surface area contributed by atoms with Gasteiger partial charge in [0.15, 0.2) is 5.60 Å². The van der Waals surface area contributed by atoms with E-state index in [0.29, 0.717) is 0 Å². The third-order valence-corrected chi connectivity index (χ3v) is 4.71. The molecule has 1 saturated carbocycles. The molecule has 1 fully saturated rings. The standard InChI is InChI=1S/C14H15ClF4O2/c15-11-3-2-9(16)8-10(11)12(4-1-7-20)5-6-13(12,21)14(17,18)19/h2-3,8,20-21H,1,4-7H2. The summed E-state index contributed by atoms with van der Waals surface area (Å²) in [5.41, 5.74) is -4.72. The summed E-state index contributed by atoms with van der Waals surface area (Å²) >= 11 is 5.94. The van der Waals surface area contributed by atoms with E-state index in [1.807, 2.05) is 0 Å². The van der Waals surface area contributed by atoms with Crippen molar-refractivity contribution >= 4 is 11.6 Å². The second-order valence-corrected chi connectivity index (χ2v) is 5.80. The molecule has 0 radical (unpaired) electrons. The summed E-state index contributed by atoms with van der Waals surface area (Å²) in [6.45, 7) is -0.317. The summed E-state index contributed by atoms with van der Waals surface area (Å²) in [5.74, 6) is -0.714. The maximum absolute atomic E-state index is 13.4. The lowest BCUT2D eigenvalue weighted by molar-refractivity contribution is -0.321. The van der Waals surface area contributed by atoms with Crippen molar-refractivity contribution in [3.63, 3.8) is 0 Å². The predicted molar refractivity (Wildman–Crippen MR) is 69.6 cm³/mol.